The third-order valence-corrected chi connectivity index (χ3v) is 5.84. The Morgan fingerprint density at radius 3 is 2.50 bits per heavy atom. The van der Waals surface area contributed by atoms with Crippen LogP contribution in [-0.4, -0.2) is 60.4 Å². The Bertz CT molecular complexity index is 614. The van der Waals surface area contributed by atoms with Crippen molar-refractivity contribution in [1.29, 1.82) is 0 Å². The van der Waals surface area contributed by atoms with Crippen LogP contribution in [0, 0.1) is 0 Å². The van der Waals surface area contributed by atoms with E-state index in [4.69, 9.17) is 0 Å². The molecule has 0 spiro atoms. The van der Waals surface area contributed by atoms with Crippen LogP contribution in [-0.2, 0) is 4.79 Å². The van der Waals surface area contributed by atoms with Crippen molar-refractivity contribution in [3.8, 4) is 0 Å². The Balaban J connectivity index is 1.46. The van der Waals surface area contributed by atoms with Gasteiger partial charge >= 0.3 is 0 Å². The summed E-state index contributed by atoms with van der Waals surface area (Å²) in [5, 5.41) is 3.04. The number of hydrogen-bond acceptors (Lipinski definition) is 3. The van der Waals surface area contributed by atoms with Gasteiger partial charge in [0, 0.05) is 23.1 Å². The average Bonchev–Trinajstić information content (AvgIpc) is 3.16. The zero-order chi connectivity index (χ0) is 18.4. The molecule has 6 heteroatoms. The molecule has 0 aromatic heterocycles. The van der Waals surface area contributed by atoms with E-state index in [2.05, 4.69) is 26.1 Å². The highest BCUT2D eigenvalue weighted by Crippen LogP contribution is 2.21. The molecule has 1 N–H and O–H groups in total. The number of amides is 2. The molecular weight excluding hydrogens is 394 g/mol. The summed E-state index contributed by atoms with van der Waals surface area (Å²) in [7, 11) is 0. The van der Waals surface area contributed by atoms with E-state index >= 15 is 0 Å². The summed E-state index contributed by atoms with van der Waals surface area (Å²) in [5.41, 5.74) is 0.637. The van der Waals surface area contributed by atoms with Crippen molar-refractivity contribution in [2.45, 2.75) is 44.6 Å². The summed E-state index contributed by atoms with van der Waals surface area (Å²) >= 11 is 3.38. The van der Waals surface area contributed by atoms with Gasteiger partial charge in [-0.2, -0.15) is 0 Å². The molecule has 2 amide bonds. The van der Waals surface area contributed by atoms with Gasteiger partial charge in [0.1, 0.15) is 6.04 Å². The van der Waals surface area contributed by atoms with Crippen LogP contribution in [0.25, 0.3) is 0 Å². The molecule has 0 radical (unpaired) electrons. The molecule has 0 aliphatic carbocycles. The molecule has 3 rings (SSSR count). The van der Waals surface area contributed by atoms with Crippen LogP contribution in [0.1, 0.15) is 48.9 Å². The van der Waals surface area contributed by atoms with Gasteiger partial charge in [-0.1, -0.05) is 22.4 Å². The molecule has 1 aromatic carbocycles. The van der Waals surface area contributed by atoms with Crippen molar-refractivity contribution in [1.82, 2.24) is 15.1 Å². The number of piperidine rings is 1. The molecule has 2 fully saturated rings. The third kappa shape index (κ3) is 5.07. The number of halogens is 1. The second-order valence-electron chi connectivity index (χ2n) is 7.21. The third-order valence-electron chi connectivity index (χ3n) is 5.31. The normalized spacial score (nSPS) is 21.0. The van der Waals surface area contributed by atoms with E-state index in [0.29, 0.717) is 18.7 Å². The monoisotopic (exact) mass is 421 g/mol. The summed E-state index contributed by atoms with van der Waals surface area (Å²) in [4.78, 5) is 29.5. The van der Waals surface area contributed by atoms with Crippen LogP contribution in [0.15, 0.2) is 28.7 Å². The van der Waals surface area contributed by atoms with Gasteiger partial charge in [0.05, 0.1) is 0 Å². The fourth-order valence-electron chi connectivity index (χ4n) is 3.86. The fourth-order valence-corrected chi connectivity index (χ4v) is 4.12. The standard InChI is InChI=1S/C20H28BrN3O2/c21-17-9-7-16(8-10-17)20(26)24-15-4-6-18(24)19(25)22-11-5-14-23-12-2-1-3-13-23/h7-10,18H,1-6,11-15H2,(H,22,25). The summed E-state index contributed by atoms with van der Waals surface area (Å²) in [6.07, 6.45) is 6.54. The number of rotatable bonds is 6. The van der Waals surface area contributed by atoms with E-state index in [1.807, 2.05) is 12.1 Å². The topological polar surface area (TPSA) is 52.7 Å². The lowest BCUT2D eigenvalue weighted by atomic mass is 10.1. The summed E-state index contributed by atoms with van der Waals surface area (Å²) in [6.45, 7) is 4.76. The minimum absolute atomic E-state index is 0.00777. The van der Waals surface area contributed by atoms with Crippen molar-refractivity contribution in [2.75, 3.05) is 32.7 Å². The first-order chi connectivity index (χ1) is 12.6. The maximum atomic E-state index is 12.7. The van der Waals surface area contributed by atoms with Crippen molar-refractivity contribution in [2.24, 2.45) is 0 Å². The molecule has 0 saturated carbocycles. The Hall–Kier alpha value is -1.40. The average molecular weight is 422 g/mol. The van der Waals surface area contributed by atoms with Crippen LogP contribution < -0.4 is 5.32 Å². The number of benzene rings is 1. The SMILES string of the molecule is O=C(NCCCN1CCCCC1)C1CCCN1C(=O)c1ccc(Br)cc1. The highest BCUT2D eigenvalue weighted by Gasteiger charge is 2.34. The zero-order valence-electron chi connectivity index (χ0n) is 15.3. The molecular formula is C20H28BrN3O2. The fraction of sp³-hybridized carbons (Fsp3) is 0.600. The van der Waals surface area contributed by atoms with E-state index < -0.39 is 0 Å². The van der Waals surface area contributed by atoms with E-state index in [1.165, 1.54) is 32.4 Å². The minimum atomic E-state index is -0.332. The Morgan fingerprint density at radius 1 is 1.04 bits per heavy atom. The second-order valence-corrected chi connectivity index (χ2v) is 8.13. The van der Waals surface area contributed by atoms with Crippen molar-refractivity contribution < 1.29 is 9.59 Å². The van der Waals surface area contributed by atoms with Crippen LogP contribution in [0.5, 0.6) is 0 Å². The number of nitrogens with zero attached hydrogens (tertiary/aromatic N) is 2. The van der Waals surface area contributed by atoms with Crippen LogP contribution in [0.2, 0.25) is 0 Å². The summed E-state index contributed by atoms with van der Waals surface area (Å²) < 4.78 is 0.943. The molecule has 2 heterocycles. The quantitative estimate of drug-likeness (QED) is 0.718. The summed E-state index contributed by atoms with van der Waals surface area (Å²) in [6, 6.07) is 7.00. The van der Waals surface area contributed by atoms with E-state index in [0.717, 1.165) is 30.3 Å². The molecule has 2 saturated heterocycles. The molecule has 1 unspecified atom stereocenters. The van der Waals surface area contributed by atoms with Gasteiger partial charge in [0.25, 0.3) is 5.91 Å². The van der Waals surface area contributed by atoms with Crippen molar-refractivity contribution in [3.63, 3.8) is 0 Å². The molecule has 2 aliphatic rings. The highest BCUT2D eigenvalue weighted by molar-refractivity contribution is 9.10. The maximum Gasteiger partial charge on any atom is 0.254 e. The largest absolute Gasteiger partial charge is 0.354 e. The van der Waals surface area contributed by atoms with Crippen molar-refractivity contribution >= 4 is 27.7 Å². The molecule has 26 heavy (non-hydrogen) atoms. The van der Waals surface area contributed by atoms with E-state index in [-0.39, 0.29) is 17.9 Å². The first-order valence-electron chi connectivity index (χ1n) is 9.72. The molecule has 142 valence electrons. The Morgan fingerprint density at radius 2 is 1.77 bits per heavy atom. The molecule has 0 bridgehead atoms. The van der Waals surface area contributed by atoms with Crippen LogP contribution in [0.3, 0.4) is 0 Å². The number of nitrogens with one attached hydrogen (secondary N) is 1. The lowest BCUT2D eigenvalue weighted by Gasteiger charge is -2.27. The van der Waals surface area contributed by atoms with Crippen LogP contribution in [0.4, 0.5) is 0 Å². The Kier molecular flexibility index (Phi) is 7.08. The number of carbonyl (C=O) groups excluding carboxylic acids is 2. The van der Waals surface area contributed by atoms with Gasteiger partial charge in [0.2, 0.25) is 5.91 Å². The number of carbonyl (C=O) groups is 2. The van der Waals surface area contributed by atoms with E-state index in [1.54, 1.807) is 17.0 Å². The van der Waals surface area contributed by atoms with Gasteiger partial charge in [-0.15, -0.1) is 0 Å². The molecule has 1 atom stereocenters. The second kappa shape index (κ2) is 9.51. The van der Waals surface area contributed by atoms with Gasteiger partial charge in [0.15, 0.2) is 0 Å². The molecule has 5 nitrogen and oxygen atoms in total. The maximum absolute atomic E-state index is 12.7. The lowest BCUT2D eigenvalue weighted by molar-refractivity contribution is -0.124. The van der Waals surface area contributed by atoms with Gasteiger partial charge < -0.3 is 15.1 Å². The van der Waals surface area contributed by atoms with Crippen LogP contribution >= 0.6 is 15.9 Å². The number of likely N-dealkylation sites (tertiary alicyclic amines) is 2. The predicted molar refractivity (Wildman–Crippen MR) is 106 cm³/mol. The number of hydrogen-bond donors (Lipinski definition) is 1. The smallest absolute Gasteiger partial charge is 0.254 e. The van der Waals surface area contributed by atoms with Gasteiger partial charge in [-0.3, -0.25) is 9.59 Å². The predicted octanol–water partition coefficient (Wildman–Crippen LogP) is 3.05. The molecule has 1 aromatic rings. The molecule has 2 aliphatic heterocycles. The van der Waals surface area contributed by atoms with Gasteiger partial charge in [-0.05, 0) is 76.0 Å². The first kappa shape index (κ1) is 19.4. The van der Waals surface area contributed by atoms with Crippen molar-refractivity contribution in [3.05, 3.63) is 34.3 Å². The van der Waals surface area contributed by atoms with Gasteiger partial charge in [-0.25, -0.2) is 0 Å². The first-order valence-corrected chi connectivity index (χ1v) is 10.5. The Labute approximate surface area is 164 Å². The zero-order valence-corrected chi connectivity index (χ0v) is 16.8. The highest BCUT2D eigenvalue weighted by atomic mass is 79.9. The van der Waals surface area contributed by atoms with E-state index in [9.17, 15) is 9.59 Å². The summed E-state index contributed by atoms with van der Waals surface area (Å²) in [5.74, 6) is -0.0601. The minimum Gasteiger partial charge on any atom is -0.354 e. The lowest BCUT2D eigenvalue weighted by Crippen LogP contribution is -2.46.